The van der Waals surface area contributed by atoms with E-state index in [4.69, 9.17) is 4.42 Å². The molecule has 0 spiro atoms. The quantitative estimate of drug-likeness (QED) is 0.164. The Morgan fingerprint density at radius 2 is 1.54 bits per heavy atom. The lowest BCUT2D eigenvalue weighted by Crippen LogP contribution is -2.42. The van der Waals surface area contributed by atoms with Gasteiger partial charge in [-0.3, -0.25) is 0 Å². The molecule has 0 bridgehead atoms. The van der Waals surface area contributed by atoms with Crippen molar-refractivity contribution in [1.29, 1.82) is 0 Å². The molecule has 3 atom stereocenters. The van der Waals surface area contributed by atoms with Gasteiger partial charge >= 0.3 is 0 Å². The Kier molecular flexibility index (Phi) is 7.71. The van der Waals surface area contributed by atoms with Crippen molar-refractivity contribution in [3.8, 4) is 0 Å². The van der Waals surface area contributed by atoms with Crippen LogP contribution in [0.3, 0.4) is 0 Å². The minimum absolute atomic E-state index is 0.280. The SMILES string of the molecule is C1=CC(C2=CC(c3ccccc3)=CC(N3c4ccc(C5=Cc6c(c7ccccc7n6C6=Cc7c(oc8ccccc78)CC6)CC5)cc4C4CCC=CC43)C2)=CCC1. The van der Waals surface area contributed by atoms with Crippen LogP contribution in [0.15, 0.2) is 155 Å². The third kappa shape index (κ3) is 5.39. The second kappa shape index (κ2) is 13.3. The molecule has 6 aliphatic rings. The van der Waals surface area contributed by atoms with E-state index in [0.717, 1.165) is 62.7 Å². The number of fused-ring (bicyclic) bond motifs is 9. The van der Waals surface area contributed by atoms with Gasteiger partial charge in [0.05, 0.1) is 17.6 Å². The summed E-state index contributed by atoms with van der Waals surface area (Å²) >= 11 is 0. The molecule has 3 nitrogen and oxygen atoms in total. The van der Waals surface area contributed by atoms with E-state index in [9.17, 15) is 0 Å². The van der Waals surface area contributed by atoms with Gasteiger partial charge in [-0.2, -0.15) is 0 Å². The molecule has 6 aromatic rings. The highest BCUT2D eigenvalue weighted by Crippen LogP contribution is 2.51. The summed E-state index contributed by atoms with van der Waals surface area (Å²) in [5, 5.41) is 2.60. The van der Waals surface area contributed by atoms with Crippen molar-refractivity contribution < 1.29 is 4.42 Å². The number of para-hydroxylation sites is 2. The van der Waals surface area contributed by atoms with E-state index in [1.54, 1.807) is 0 Å². The summed E-state index contributed by atoms with van der Waals surface area (Å²) in [6, 6.07) is 36.7. The Hall–Kier alpha value is -6.06. The molecule has 12 rings (SSSR count). The fraction of sp³-hybridized carbons (Fsp3) is 0.222. The van der Waals surface area contributed by atoms with E-state index in [1.807, 2.05) is 0 Å². The Balaban J connectivity index is 0.949. The highest BCUT2D eigenvalue weighted by atomic mass is 16.3. The number of aryl methyl sites for hydroxylation is 2. The minimum atomic E-state index is 0.280. The van der Waals surface area contributed by atoms with Crippen LogP contribution < -0.4 is 4.90 Å². The van der Waals surface area contributed by atoms with E-state index >= 15 is 0 Å². The Morgan fingerprint density at radius 1 is 0.667 bits per heavy atom. The van der Waals surface area contributed by atoms with E-state index in [0.29, 0.717) is 12.0 Å². The van der Waals surface area contributed by atoms with Gasteiger partial charge in [0, 0.05) is 45.8 Å². The van der Waals surface area contributed by atoms with Crippen LogP contribution in [0.1, 0.15) is 90.1 Å². The summed E-state index contributed by atoms with van der Waals surface area (Å²) in [6.07, 6.45) is 31.7. The van der Waals surface area contributed by atoms with Gasteiger partial charge in [0.2, 0.25) is 0 Å². The van der Waals surface area contributed by atoms with Gasteiger partial charge in [-0.1, -0.05) is 115 Å². The molecule has 3 heteroatoms. The topological polar surface area (TPSA) is 21.3 Å². The number of rotatable bonds is 5. The Bertz CT molecular complexity index is 2840. The van der Waals surface area contributed by atoms with Gasteiger partial charge in [0.15, 0.2) is 0 Å². The standard InChI is InChI=1S/C54H46N2O/c1-3-13-35(14-4-1)39-29-40(36-15-5-2-6-16-36)31-42(30-39)56-50-21-11-8-18-44(50)47-32-37(24-27-51(47)56)38-23-26-45-43-17-7-10-20-49(43)55(52(45)33-38)41-25-28-54-48(34-41)46-19-9-12-22-53(46)57-54/h1,3-5,7,9-17,19-22,24,27,29-30,32-34,42,44,50H,2,6,8,18,23,25-26,28,31H2. The van der Waals surface area contributed by atoms with Crippen LogP contribution >= 0.6 is 0 Å². The minimum Gasteiger partial charge on any atom is -0.460 e. The van der Waals surface area contributed by atoms with Crippen LogP contribution in [0.5, 0.6) is 0 Å². The molecule has 1 aliphatic heterocycles. The molecule has 0 N–H and O–H groups in total. The van der Waals surface area contributed by atoms with E-state index in [2.05, 4.69) is 161 Å². The number of anilines is 1. The van der Waals surface area contributed by atoms with Crippen molar-refractivity contribution in [3.05, 3.63) is 190 Å². The summed E-state index contributed by atoms with van der Waals surface area (Å²) in [5.74, 6) is 1.61. The van der Waals surface area contributed by atoms with Crippen molar-refractivity contribution in [1.82, 2.24) is 4.57 Å². The zero-order valence-electron chi connectivity index (χ0n) is 32.3. The number of nitrogens with zero attached hydrogens (tertiary/aromatic N) is 2. The summed E-state index contributed by atoms with van der Waals surface area (Å²) < 4.78 is 8.90. The van der Waals surface area contributed by atoms with Crippen molar-refractivity contribution in [2.24, 2.45) is 0 Å². The number of aromatic nitrogens is 1. The van der Waals surface area contributed by atoms with Gasteiger partial charge < -0.3 is 13.9 Å². The molecule has 57 heavy (non-hydrogen) atoms. The maximum atomic E-state index is 6.33. The molecule has 4 aromatic carbocycles. The fourth-order valence-corrected chi connectivity index (χ4v) is 11.0. The van der Waals surface area contributed by atoms with Crippen LogP contribution in [0.25, 0.3) is 50.9 Å². The maximum Gasteiger partial charge on any atom is 0.134 e. The first-order chi connectivity index (χ1) is 28.2. The molecule has 3 unspecified atom stereocenters. The van der Waals surface area contributed by atoms with Gasteiger partial charge in [-0.05, 0) is 132 Å². The zero-order valence-corrected chi connectivity index (χ0v) is 32.3. The monoisotopic (exact) mass is 738 g/mol. The van der Waals surface area contributed by atoms with Crippen molar-refractivity contribution in [2.45, 2.75) is 75.8 Å². The van der Waals surface area contributed by atoms with Gasteiger partial charge in [-0.15, -0.1) is 0 Å². The molecule has 0 saturated heterocycles. The number of allylic oxidation sites excluding steroid dienone is 9. The predicted octanol–water partition coefficient (Wildman–Crippen LogP) is 13.5. The first kappa shape index (κ1) is 33.1. The Morgan fingerprint density at radius 3 is 2.46 bits per heavy atom. The van der Waals surface area contributed by atoms with Crippen LogP contribution in [-0.4, -0.2) is 16.7 Å². The molecule has 0 radical (unpaired) electrons. The average molecular weight is 739 g/mol. The fourth-order valence-electron chi connectivity index (χ4n) is 11.0. The first-order valence-corrected chi connectivity index (χ1v) is 21.2. The Labute approximate surface area is 335 Å². The predicted molar refractivity (Wildman–Crippen MR) is 238 cm³/mol. The lowest BCUT2D eigenvalue weighted by Gasteiger charge is -2.38. The molecule has 2 aromatic heterocycles. The van der Waals surface area contributed by atoms with Crippen LogP contribution in [0, 0.1) is 0 Å². The van der Waals surface area contributed by atoms with E-state index < -0.39 is 0 Å². The molecule has 3 heterocycles. The largest absolute Gasteiger partial charge is 0.460 e. The lowest BCUT2D eigenvalue weighted by atomic mass is 9.83. The summed E-state index contributed by atoms with van der Waals surface area (Å²) in [7, 11) is 0. The first-order valence-electron chi connectivity index (χ1n) is 21.2. The summed E-state index contributed by atoms with van der Waals surface area (Å²) in [6.45, 7) is 0. The number of benzene rings is 4. The van der Waals surface area contributed by atoms with Gasteiger partial charge in [0.25, 0.3) is 0 Å². The molecular formula is C54H46N2O. The van der Waals surface area contributed by atoms with Crippen LogP contribution in [0.4, 0.5) is 5.69 Å². The molecule has 0 fully saturated rings. The normalized spacial score (nSPS) is 22.3. The lowest BCUT2D eigenvalue weighted by molar-refractivity contribution is 0.521. The third-order valence-electron chi connectivity index (χ3n) is 13.6. The van der Waals surface area contributed by atoms with Crippen molar-refractivity contribution >= 4 is 56.6 Å². The second-order valence-electron chi connectivity index (χ2n) is 16.8. The smallest absolute Gasteiger partial charge is 0.134 e. The summed E-state index contributed by atoms with van der Waals surface area (Å²) in [5.41, 5.74) is 19.0. The molecule has 0 saturated carbocycles. The van der Waals surface area contributed by atoms with Crippen LogP contribution in [0.2, 0.25) is 0 Å². The highest BCUT2D eigenvalue weighted by Gasteiger charge is 2.42. The zero-order chi connectivity index (χ0) is 37.5. The third-order valence-corrected chi connectivity index (χ3v) is 13.6. The van der Waals surface area contributed by atoms with Crippen LogP contribution in [-0.2, 0) is 12.8 Å². The number of furan rings is 1. The van der Waals surface area contributed by atoms with Gasteiger partial charge in [-0.25, -0.2) is 0 Å². The average Bonchev–Trinajstić information content (AvgIpc) is 3.94. The number of hydrogen-bond donors (Lipinski definition) is 0. The van der Waals surface area contributed by atoms with Crippen molar-refractivity contribution in [3.63, 3.8) is 0 Å². The van der Waals surface area contributed by atoms with E-state index in [-0.39, 0.29) is 6.04 Å². The second-order valence-corrected chi connectivity index (χ2v) is 16.8. The van der Waals surface area contributed by atoms with Crippen molar-refractivity contribution in [2.75, 3.05) is 4.90 Å². The number of hydrogen-bond acceptors (Lipinski definition) is 2. The molecule has 5 aliphatic carbocycles. The van der Waals surface area contributed by atoms with E-state index in [1.165, 1.54) is 89.9 Å². The summed E-state index contributed by atoms with van der Waals surface area (Å²) in [4.78, 5) is 2.79. The highest BCUT2D eigenvalue weighted by molar-refractivity contribution is 6.00. The van der Waals surface area contributed by atoms with Gasteiger partial charge in [0.1, 0.15) is 11.3 Å². The molecule has 278 valence electrons. The molecule has 0 amide bonds. The molecular weight excluding hydrogens is 693 g/mol. The maximum absolute atomic E-state index is 6.33.